The summed E-state index contributed by atoms with van der Waals surface area (Å²) in [4.78, 5) is 23.2. The van der Waals surface area contributed by atoms with E-state index in [2.05, 4.69) is 14.5 Å². The summed E-state index contributed by atoms with van der Waals surface area (Å²) in [5, 5.41) is -1.78. The normalized spacial score (nSPS) is 12.1. The minimum atomic E-state index is -4.38. The summed E-state index contributed by atoms with van der Waals surface area (Å²) < 4.78 is 37.7. The summed E-state index contributed by atoms with van der Waals surface area (Å²) in [5.41, 5.74) is 7.28. The van der Waals surface area contributed by atoms with Crippen molar-refractivity contribution in [3.05, 3.63) is 0 Å². The van der Waals surface area contributed by atoms with Crippen LogP contribution in [0.1, 0.15) is 26.7 Å². The van der Waals surface area contributed by atoms with Crippen molar-refractivity contribution in [2.75, 3.05) is 26.3 Å². The molecule has 0 fully saturated rings. The number of rotatable bonds is 11. The van der Waals surface area contributed by atoms with Crippen LogP contribution in [0.4, 0.5) is 0 Å². The van der Waals surface area contributed by atoms with Crippen LogP contribution in [-0.4, -0.2) is 81.5 Å². The van der Waals surface area contributed by atoms with Gasteiger partial charge in [-0.3, -0.25) is 9.59 Å². The molecular weight excluding hydrogens is 327 g/mol. The first-order valence-electron chi connectivity index (χ1n) is 6.56. The van der Waals surface area contributed by atoms with Crippen LogP contribution in [0.5, 0.6) is 0 Å². The third-order valence-corrected chi connectivity index (χ3v) is 3.54. The van der Waals surface area contributed by atoms with Crippen molar-refractivity contribution in [2.24, 2.45) is 5.73 Å². The number of ether oxygens (including phenoxy) is 2. The molecular formula is C11H23N2NaO7S. The van der Waals surface area contributed by atoms with Gasteiger partial charge in [0, 0.05) is 13.1 Å². The number of carbonyl (C=O) groups excluding carboxylic acids is 2. The van der Waals surface area contributed by atoms with Crippen LogP contribution in [0.25, 0.3) is 0 Å². The molecule has 0 aromatic carbocycles. The monoisotopic (exact) mass is 350 g/mol. The van der Waals surface area contributed by atoms with E-state index in [1.54, 1.807) is 13.8 Å². The third-order valence-electron chi connectivity index (χ3n) is 2.14. The molecule has 0 bridgehead atoms. The Labute approximate surface area is 152 Å². The van der Waals surface area contributed by atoms with Gasteiger partial charge in [0.15, 0.2) is 5.25 Å². The van der Waals surface area contributed by atoms with Crippen LogP contribution in [0.3, 0.4) is 0 Å². The topological polar surface area (TPSA) is 134 Å². The van der Waals surface area contributed by atoms with Gasteiger partial charge in [0.05, 0.1) is 19.6 Å². The fraction of sp³-hybridized carbons (Fsp3) is 0.818. The van der Waals surface area contributed by atoms with Gasteiger partial charge in [-0.2, -0.15) is 18.2 Å². The van der Waals surface area contributed by atoms with E-state index in [0.29, 0.717) is 6.42 Å². The second-order valence-electron chi connectivity index (χ2n) is 3.92. The molecule has 0 aliphatic rings. The number of nitrogens with two attached hydrogens (primary N) is 1. The Hall–Kier alpha value is -0.230. The Morgan fingerprint density at radius 1 is 1.23 bits per heavy atom. The zero-order valence-electron chi connectivity index (χ0n) is 12.2. The summed E-state index contributed by atoms with van der Waals surface area (Å²) in [7, 11) is -4.38. The van der Waals surface area contributed by atoms with Gasteiger partial charge in [0.25, 0.3) is 10.1 Å². The Bertz CT molecular complexity index is 430. The molecule has 11 heteroatoms. The van der Waals surface area contributed by atoms with E-state index in [4.69, 9.17) is 10.5 Å². The van der Waals surface area contributed by atoms with E-state index in [-0.39, 0.29) is 55.9 Å². The number of esters is 2. The molecule has 22 heavy (non-hydrogen) atoms. The fourth-order valence-corrected chi connectivity index (χ4v) is 2.22. The van der Waals surface area contributed by atoms with Crippen LogP contribution in [0, 0.1) is 0 Å². The van der Waals surface area contributed by atoms with E-state index in [1.807, 2.05) is 0 Å². The first-order valence-corrected chi connectivity index (χ1v) is 8.03. The van der Waals surface area contributed by atoms with E-state index in [9.17, 15) is 18.0 Å². The van der Waals surface area contributed by atoms with E-state index >= 15 is 0 Å². The van der Waals surface area contributed by atoms with E-state index < -0.39 is 33.7 Å². The Morgan fingerprint density at radius 2 is 1.86 bits per heavy atom. The number of carbonyl (C=O) groups is 2. The van der Waals surface area contributed by atoms with Crippen LogP contribution in [0.2, 0.25) is 0 Å². The average molecular weight is 350 g/mol. The van der Waals surface area contributed by atoms with Crippen LogP contribution in [-0.2, 0) is 33.5 Å². The number of hydrogen-bond donors (Lipinski definition) is 2. The summed E-state index contributed by atoms with van der Waals surface area (Å²) in [5.74, 6) is -1.89. The van der Waals surface area contributed by atoms with Crippen LogP contribution >= 0.6 is 0 Å². The maximum atomic E-state index is 11.9. The zero-order valence-corrected chi connectivity index (χ0v) is 13.0. The van der Waals surface area contributed by atoms with E-state index in [1.165, 1.54) is 0 Å². The van der Waals surface area contributed by atoms with Crippen LogP contribution in [0.15, 0.2) is 0 Å². The van der Waals surface area contributed by atoms with Crippen molar-refractivity contribution in [3.63, 3.8) is 0 Å². The molecule has 0 amide bonds. The molecule has 1 atom stereocenters. The molecule has 126 valence electrons. The fourth-order valence-electron chi connectivity index (χ4n) is 1.21. The zero-order chi connectivity index (χ0) is 16.3. The molecule has 0 aliphatic carbocycles. The van der Waals surface area contributed by atoms with Gasteiger partial charge in [0.2, 0.25) is 0 Å². The molecule has 0 aromatic rings. The van der Waals surface area contributed by atoms with Crippen molar-refractivity contribution >= 4 is 51.6 Å². The van der Waals surface area contributed by atoms with Crippen molar-refractivity contribution in [1.29, 1.82) is 0 Å². The molecule has 0 heterocycles. The predicted octanol–water partition coefficient (Wildman–Crippen LogP) is -1.58. The summed E-state index contributed by atoms with van der Waals surface area (Å²) in [6.45, 7) is 3.64. The molecule has 3 N–H and O–H groups in total. The molecule has 9 nitrogen and oxygen atoms in total. The molecule has 0 saturated carbocycles. The Kier molecular flexibility index (Phi) is 14.5. The molecule has 0 spiro atoms. The predicted molar refractivity (Wildman–Crippen MR) is 80.5 cm³/mol. The SMILES string of the molecule is CCCOC(=O)C(CC(=O)OCC)S(=O)(=O)ONCCN.[NaH]. The van der Waals surface area contributed by atoms with Crippen molar-refractivity contribution in [3.8, 4) is 0 Å². The third kappa shape index (κ3) is 9.72. The number of hydroxylamine groups is 1. The van der Waals surface area contributed by atoms with Crippen molar-refractivity contribution < 1.29 is 31.8 Å². The second-order valence-corrected chi connectivity index (χ2v) is 5.65. The Balaban J connectivity index is 0. The number of hydrogen-bond acceptors (Lipinski definition) is 9. The summed E-state index contributed by atoms with van der Waals surface area (Å²) in [6, 6.07) is 0. The van der Waals surface area contributed by atoms with Gasteiger partial charge in [0.1, 0.15) is 0 Å². The quantitative estimate of drug-likeness (QED) is 0.196. The first kappa shape index (κ1) is 24.0. The van der Waals surface area contributed by atoms with Gasteiger partial charge in [-0.25, -0.2) is 0 Å². The van der Waals surface area contributed by atoms with Gasteiger partial charge >= 0.3 is 41.5 Å². The summed E-state index contributed by atoms with van der Waals surface area (Å²) >= 11 is 0. The standard InChI is InChI=1S/C11H22N2O7S.Na.H/c1-3-7-19-11(15)9(8-10(14)18-4-2)21(16,17)20-13-6-5-12;;/h9,13H,3-8,12H2,1-2H3;;. The van der Waals surface area contributed by atoms with E-state index in [0.717, 1.165) is 0 Å². The molecule has 0 aliphatic heterocycles. The minimum absolute atomic E-state index is 0. The van der Waals surface area contributed by atoms with Crippen molar-refractivity contribution in [1.82, 2.24) is 5.48 Å². The molecule has 0 radical (unpaired) electrons. The molecule has 0 rings (SSSR count). The van der Waals surface area contributed by atoms with Crippen molar-refractivity contribution in [2.45, 2.75) is 31.9 Å². The molecule has 0 saturated heterocycles. The van der Waals surface area contributed by atoms with Crippen LogP contribution < -0.4 is 11.2 Å². The van der Waals surface area contributed by atoms with Gasteiger partial charge in [-0.15, -0.1) is 0 Å². The number of nitrogens with one attached hydrogen (secondary N) is 1. The average Bonchev–Trinajstić information content (AvgIpc) is 2.42. The van der Waals surface area contributed by atoms with Gasteiger partial charge in [-0.05, 0) is 13.3 Å². The molecule has 0 aromatic heterocycles. The Morgan fingerprint density at radius 3 is 2.36 bits per heavy atom. The molecule has 1 unspecified atom stereocenters. The maximum absolute atomic E-state index is 11.9. The second kappa shape index (κ2) is 13.2. The summed E-state index contributed by atoms with van der Waals surface area (Å²) in [6.07, 6.45) is -0.160. The first-order chi connectivity index (χ1) is 9.88. The van der Waals surface area contributed by atoms with Gasteiger partial charge in [-0.1, -0.05) is 6.92 Å². The van der Waals surface area contributed by atoms with Gasteiger partial charge < -0.3 is 15.2 Å².